The standard InChI is InChI=1S/C22H29N3O2/c1-21(2)17-9-10-22(21,3)18(13-17)23-24-20(27)16-7-4-6-15(12-16)14-25-11-5-8-19(25)26/h4,6-7,12,17H,5,8-11,13-14H2,1-3H3,(H,24,27)/b23-18+/t17-,22+/m0/s1. The lowest BCUT2D eigenvalue weighted by Gasteiger charge is -2.34. The van der Waals surface area contributed by atoms with E-state index in [9.17, 15) is 9.59 Å². The second kappa shape index (κ2) is 6.47. The Bertz CT molecular complexity index is 814. The molecule has 27 heavy (non-hydrogen) atoms. The summed E-state index contributed by atoms with van der Waals surface area (Å²) < 4.78 is 0. The van der Waals surface area contributed by atoms with Crippen LogP contribution in [0.3, 0.4) is 0 Å². The number of fused-ring (bicyclic) bond motifs is 2. The van der Waals surface area contributed by atoms with Gasteiger partial charge in [-0.3, -0.25) is 9.59 Å². The Labute approximate surface area is 161 Å². The van der Waals surface area contributed by atoms with Crippen LogP contribution in [-0.2, 0) is 11.3 Å². The molecule has 0 radical (unpaired) electrons. The maximum atomic E-state index is 12.6. The van der Waals surface area contributed by atoms with Gasteiger partial charge in [-0.25, -0.2) is 5.43 Å². The van der Waals surface area contributed by atoms with Gasteiger partial charge in [0, 0.05) is 36.2 Å². The zero-order chi connectivity index (χ0) is 19.2. The van der Waals surface area contributed by atoms with E-state index in [2.05, 4.69) is 31.3 Å². The summed E-state index contributed by atoms with van der Waals surface area (Å²) in [6, 6.07) is 7.51. The predicted molar refractivity (Wildman–Crippen MR) is 105 cm³/mol. The van der Waals surface area contributed by atoms with E-state index in [1.165, 1.54) is 6.42 Å². The summed E-state index contributed by atoms with van der Waals surface area (Å²) in [5.74, 6) is 0.684. The van der Waals surface area contributed by atoms with Crippen LogP contribution >= 0.6 is 0 Å². The van der Waals surface area contributed by atoms with Crippen molar-refractivity contribution in [3.8, 4) is 0 Å². The van der Waals surface area contributed by atoms with E-state index in [-0.39, 0.29) is 22.6 Å². The molecule has 1 saturated heterocycles. The van der Waals surface area contributed by atoms with Gasteiger partial charge in [-0.15, -0.1) is 0 Å². The molecule has 5 nitrogen and oxygen atoms in total. The number of carbonyl (C=O) groups is 2. The Kier molecular flexibility index (Phi) is 4.36. The average molecular weight is 367 g/mol. The molecule has 0 aromatic heterocycles. The third-order valence-corrected chi connectivity index (χ3v) is 7.54. The molecule has 2 saturated carbocycles. The van der Waals surface area contributed by atoms with Crippen molar-refractivity contribution in [2.24, 2.45) is 21.8 Å². The lowest BCUT2D eigenvalue weighted by Crippen LogP contribution is -2.34. The Morgan fingerprint density at radius 2 is 2.15 bits per heavy atom. The summed E-state index contributed by atoms with van der Waals surface area (Å²) in [5, 5.41) is 4.55. The van der Waals surface area contributed by atoms with Crippen LogP contribution < -0.4 is 5.43 Å². The molecule has 3 aliphatic rings. The minimum atomic E-state index is -0.179. The van der Waals surface area contributed by atoms with Gasteiger partial charge < -0.3 is 4.90 Å². The summed E-state index contributed by atoms with van der Waals surface area (Å²) >= 11 is 0. The minimum absolute atomic E-state index is 0.0862. The third-order valence-electron chi connectivity index (χ3n) is 7.54. The highest BCUT2D eigenvalue weighted by Gasteiger charge is 2.60. The average Bonchev–Trinajstić information content (AvgIpc) is 3.20. The summed E-state index contributed by atoms with van der Waals surface area (Å²) in [5.41, 5.74) is 5.84. The molecule has 0 unspecified atom stereocenters. The molecule has 2 aliphatic carbocycles. The van der Waals surface area contributed by atoms with Crippen molar-refractivity contribution in [1.82, 2.24) is 10.3 Å². The van der Waals surface area contributed by atoms with E-state index >= 15 is 0 Å². The van der Waals surface area contributed by atoms with Gasteiger partial charge in [-0.1, -0.05) is 32.9 Å². The van der Waals surface area contributed by atoms with Gasteiger partial charge in [-0.2, -0.15) is 5.10 Å². The number of likely N-dealkylation sites (tertiary alicyclic amines) is 1. The normalized spacial score (nSPS) is 30.3. The monoisotopic (exact) mass is 367 g/mol. The van der Waals surface area contributed by atoms with Gasteiger partial charge in [0.05, 0.1) is 0 Å². The van der Waals surface area contributed by atoms with Crippen molar-refractivity contribution in [1.29, 1.82) is 0 Å². The fourth-order valence-corrected chi connectivity index (χ4v) is 5.18. The fourth-order valence-electron chi connectivity index (χ4n) is 5.18. The van der Waals surface area contributed by atoms with Crippen molar-refractivity contribution in [2.75, 3.05) is 6.54 Å². The number of benzene rings is 1. The molecule has 2 bridgehead atoms. The second-order valence-corrected chi connectivity index (χ2v) is 9.11. The number of hydrazone groups is 1. The molecule has 1 aromatic rings. The quantitative estimate of drug-likeness (QED) is 0.824. The highest BCUT2D eigenvalue weighted by atomic mass is 16.2. The van der Waals surface area contributed by atoms with E-state index in [0.717, 1.165) is 37.1 Å². The van der Waals surface area contributed by atoms with Crippen LogP contribution in [0.25, 0.3) is 0 Å². The number of nitrogens with zero attached hydrogens (tertiary/aromatic N) is 2. The molecule has 1 N–H and O–H groups in total. The van der Waals surface area contributed by atoms with E-state index in [0.29, 0.717) is 24.4 Å². The number of hydrogen-bond acceptors (Lipinski definition) is 3. The maximum absolute atomic E-state index is 12.6. The fraction of sp³-hybridized carbons (Fsp3) is 0.591. The van der Waals surface area contributed by atoms with E-state index in [1.807, 2.05) is 23.1 Å². The topological polar surface area (TPSA) is 61.8 Å². The predicted octanol–water partition coefficient (Wildman–Crippen LogP) is 3.74. The zero-order valence-corrected chi connectivity index (χ0v) is 16.5. The molecular weight excluding hydrogens is 338 g/mol. The largest absolute Gasteiger partial charge is 0.338 e. The number of hydrogen-bond donors (Lipinski definition) is 1. The van der Waals surface area contributed by atoms with E-state index in [1.54, 1.807) is 6.07 Å². The first-order valence-corrected chi connectivity index (χ1v) is 10.1. The molecule has 0 spiro atoms. The van der Waals surface area contributed by atoms with Crippen molar-refractivity contribution < 1.29 is 9.59 Å². The van der Waals surface area contributed by atoms with Crippen molar-refractivity contribution in [3.05, 3.63) is 35.4 Å². The van der Waals surface area contributed by atoms with Crippen LogP contribution in [0.5, 0.6) is 0 Å². The lowest BCUT2D eigenvalue weighted by molar-refractivity contribution is -0.128. The molecule has 1 aromatic carbocycles. The van der Waals surface area contributed by atoms with E-state index < -0.39 is 0 Å². The molecule has 1 aliphatic heterocycles. The van der Waals surface area contributed by atoms with Gasteiger partial charge >= 0.3 is 0 Å². The van der Waals surface area contributed by atoms with Gasteiger partial charge in [0.2, 0.25) is 5.91 Å². The first-order valence-electron chi connectivity index (χ1n) is 10.1. The first kappa shape index (κ1) is 18.2. The van der Waals surface area contributed by atoms with Gasteiger partial charge in [-0.05, 0) is 54.7 Å². The van der Waals surface area contributed by atoms with Crippen LogP contribution in [0.2, 0.25) is 0 Å². The molecule has 1 heterocycles. The van der Waals surface area contributed by atoms with Gasteiger partial charge in [0.1, 0.15) is 0 Å². The smallest absolute Gasteiger partial charge is 0.271 e. The van der Waals surface area contributed by atoms with Gasteiger partial charge in [0.25, 0.3) is 5.91 Å². The molecular formula is C22H29N3O2. The van der Waals surface area contributed by atoms with Crippen LogP contribution in [0.15, 0.2) is 29.4 Å². The number of rotatable bonds is 4. The summed E-state index contributed by atoms with van der Waals surface area (Å²) in [6.07, 6.45) is 4.95. The summed E-state index contributed by atoms with van der Waals surface area (Å²) in [4.78, 5) is 26.3. The summed E-state index contributed by atoms with van der Waals surface area (Å²) in [7, 11) is 0. The van der Waals surface area contributed by atoms with Crippen LogP contribution in [-0.4, -0.2) is 29.0 Å². The number of amides is 2. The summed E-state index contributed by atoms with van der Waals surface area (Å²) in [6.45, 7) is 8.33. The van der Waals surface area contributed by atoms with Crippen LogP contribution in [0.4, 0.5) is 0 Å². The molecule has 4 rings (SSSR count). The Morgan fingerprint density at radius 1 is 1.33 bits per heavy atom. The maximum Gasteiger partial charge on any atom is 0.271 e. The minimum Gasteiger partial charge on any atom is -0.338 e. The molecule has 144 valence electrons. The van der Waals surface area contributed by atoms with Crippen molar-refractivity contribution in [2.45, 2.75) is 59.4 Å². The second-order valence-electron chi connectivity index (χ2n) is 9.11. The van der Waals surface area contributed by atoms with Crippen LogP contribution in [0.1, 0.15) is 68.8 Å². The van der Waals surface area contributed by atoms with Crippen LogP contribution in [0, 0.1) is 16.7 Å². The van der Waals surface area contributed by atoms with Gasteiger partial charge in [0.15, 0.2) is 0 Å². The molecule has 3 fully saturated rings. The first-order chi connectivity index (χ1) is 12.8. The third kappa shape index (κ3) is 2.97. The SMILES string of the molecule is CC1(C)[C@H]2CC[C@]1(C)/C(=N/NC(=O)c1cccc(CN3CCCC3=O)c1)C2. The molecule has 2 amide bonds. The Balaban J connectivity index is 1.45. The molecule has 5 heteroatoms. The highest BCUT2D eigenvalue weighted by Crippen LogP contribution is 2.63. The van der Waals surface area contributed by atoms with Crippen molar-refractivity contribution >= 4 is 17.5 Å². The van der Waals surface area contributed by atoms with Crippen molar-refractivity contribution in [3.63, 3.8) is 0 Å². The lowest BCUT2D eigenvalue weighted by atomic mass is 9.70. The number of carbonyl (C=O) groups excluding carboxylic acids is 2. The Morgan fingerprint density at radius 3 is 2.78 bits per heavy atom. The molecule has 2 atom stereocenters. The Hall–Kier alpha value is -2.17. The number of nitrogens with one attached hydrogen (secondary N) is 1. The zero-order valence-electron chi connectivity index (χ0n) is 16.5. The highest BCUT2D eigenvalue weighted by molar-refractivity contribution is 5.98. The van der Waals surface area contributed by atoms with E-state index in [4.69, 9.17) is 0 Å².